The molecule has 1 N–H and O–H groups in total. The zero-order chi connectivity index (χ0) is 16.1. The third-order valence-corrected chi connectivity index (χ3v) is 3.59. The van der Waals surface area contributed by atoms with Crippen LogP contribution in [0.4, 0.5) is 5.69 Å². The average Bonchev–Trinajstić information content (AvgIpc) is 2.52. The van der Waals surface area contributed by atoms with Gasteiger partial charge in [-0.1, -0.05) is 24.3 Å². The van der Waals surface area contributed by atoms with E-state index in [4.69, 9.17) is 9.47 Å². The molecule has 0 aliphatic rings. The Morgan fingerprint density at radius 3 is 2.45 bits per heavy atom. The number of carbonyl (C=O) groups excluding carboxylic acids is 1. The topological polar surface area (TPSA) is 47.6 Å². The quantitative estimate of drug-likeness (QED) is 0.915. The van der Waals surface area contributed by atoms with Gasteiger partial charge in [0.1, 0.15) is 11.5 Å². The van der Waals surface area contributed by atoms with Crippen molar-refractivity contribution in [3.05, 3.63) is 53.6 Å². The SMILES string of the molecule is COc1ccccc1NC(=O)[C@H](C)Oc1cccc(C)c1C. The van der Waals surface area contributed by atoms with E-state index in [0.29, 0.717) is 11.4 Å². The van der Waals surface area contributed by atoms with Crippen molar-refractivity contribution in [2.24, 2.45) is 0 Å². The average molecular weight is 299 g/mol. The van der Waals surface area contributed by atoms with Crippen molar-refractivity contribution in [3.63, 3.8) is 0 Å². The minimum Gasteiger partial charge on any atom is -0.495 e. The third kappa shape index (κ3) is 3.58. The van der Waals surface area contributed by atoms with Gasteiger partial charge in [0, 0.05) is 0 Å². The molecule has 4 heteroatoms. The van der Waals surface area contributed by atoms with Crippen molar-refractivity contribution in [3.8, 4) is 11.5 Å². The number of benzene rings is 2. The number of amides is 1. The van der Waals surface area contributed by atoms with Crippen LogP contribution in [-0.4, -0.2) is 19.1 Å². The highest BCUT2D eigenvalue weighted by molar-refractivity contribution is 5.95. The highest BCUT2D eigenvalue weighted by atomic mass is 16.5. The lowest BCUT2D eigenvalue weighted by Gasteiger charge is -2.18. The summed E-state index contributed by atoms with van der Waals surface area (Å²) in [5, 5.41) is 2.83. The van der Waals surface area contributed by atoms with Crippen LogP contribution in [0.2, 0.25) is 0 Å². The van der Waals surface area contributed by atoms with Crippen LogP contribution in [-0.2, 0) is 4.79 Å². The predicted octanol–water partition coefficient (Wildman–Crippen LogP) is 3.72. The first kappa shape index (κ1) is 15.9. The molecule has 4 nitrogen and oxygen atoms in total. The molecule has 22 heavy (non-hydrogen) atoms. The van der Waals surface area contributed by atoms with Gasteiger partial charge in [-0.15, -0.1) is 0 Å². The summed E-state index contributed by atoms with van der Waals surface area (Å²) in [5.41, 5.74) is 2.81. The van der Waals surface area contributed by atoms with Gasteiger partial charge in [0.25, 0.3) is 5.91 Å². The van der Waals surface area contributed by atoms with E-state index in [1.807, 2.05) is 44.2 Å². The lowest BCUT2D eigenvalue weighted by Crippen LogP contribution is -2.30. The minimum absolute atomic E-state index is 0.217. The molecule has 2 aromatic carbocycles. The molecule has 0 bridgehead atoms. The first-order chi connectivity index (χ1) is 10.5. The molecule has 0 aromatic heterocycles. The van der Waals surface area contributed by atoms with Crippen molar-refractivity contribution in [1.82, 2.24) is 0 Å². The molecule has 0 aliphatic heterocycles. The number of para-hydroxylation sites is 2. The van der Waals surface area contributed by atoms with Crippen molar-refractivity contribution in [2.75, 3.05) is 12.4 Å². The first-order valence-corrected chi connectivity index (χ1v) is 7.19. The molecule has 1 amide bonds. The van der Waals surface area contributed by atoms with E-state index in [0.717, 1.165) is 16.9 Å². The maximum absolute atomic E-state index is 12.3. The van der Waals surface area contributed by atoms with Gasteiger partial charge < -0.3 is 14.8 Å². The number of nitrogens with one attached hydrogen (secondary N) is 1. The second-order valence-electron chi connectivity index (χ2n) is 5.15. The van der Waals surface area contributed by atoms with E-state index in [2.05, 4.69) is 5.32 Å². The maximum Gasteiger partial charge on any atom is 0.265 e. The summed E-state index contributed by atoms with van der Waals surface area (Å²) in [4.78, 5) is 12.3. The molecule has 1 atom stereocenters. The van der Waals surface area contributed by atoms with Crippen LogP contribution >= 0.6 is 0 Å². The van der Waals surface area contributed by atoms with Gasteiger partial charge in [0.2, 0.25) is 0 Å². The Bertz CT molecular complexity index is 667. The fraction of sp³-hybridized carbons (Fsp3) is 0.278. The zero-order valence-corrected chi connectivity index (χ0v) is 13.3. The van der Waals surface area contributed by atoms with Gasteiger partial charge in [-0.3, -0.25) is 4.79 Å². The van der Waals surface area contributed by atoms with E-state index in [-0.39, 0.29) is 5.91 Å². The van der Waals surface area contributed by atoms with Crippen LogP contribution in [0.25, 0.3) is 0 Å². The smallest absolute Gasteiger partial charge is 0.265 e. The van der Waals surface area contributed by atoms with Crippen LogP contribution in [0.1, 0.15) is 18.1 Å². The molecule has 0 unspecified atom stereocenters. The summed E-state index contributed by atoms with van der Waals surface area (Å²) >= 11 is 0. The van der Waals surface area contributed by atoms with E-state index < -0.39 is 6.10 Å². The van der Waals surface area contributed by atoms with Crippen molar-refractivity contribution in [1.29, 1.82) is 0 Å². The molecule has 0 radical (unpaired) electrons. The molecule has 0 aliphatic carbocycles. The minimum atomic E-state index is -0.606. The van der Waals surface area contributed by atoms with Crippen LogP contribution < -0.4 is 14.8 Å². The van der Waals surface area contributed by atoms with Gasteiger partial charge in [0.15, 0.2) is 6.10 Å². The molecule has 0 fully saturated rings. The van der Waals surface area contributed by atoms with E-state index >= 15 is 0 Å². The van der Waals surface area contributed by atoms with Gasteiger partial charge in [0.05, 0.1) is 12.8 Å². The number of aryl methyl sites for hydroxylation is 1. The number of carbonyl (C=O) groups is 1. The number of methoxy groups -OCH3 is 1. The van der Waals surface area contributed by atoms with Gasteiger partial charge in [-0.2, -0.15) is 0 Å². The van der Waals surface area contributed by atoms with Gasteiger partial charge in [-0.05, 0) is 50.1 Å². The summed E-state index contributed by atoms with van der Waals surface area (Å²) in [6, 6.07) is 13.1. The van der Waals surface area contributed by atoms with Crippen LogP contribution in [0, 0.1) is 13.8 Å². The fourth-order valence-electron chi connectivity index (χ4n) is 2.08. The monoisotopic (exact) mass is 299 g/mol. The van der Waals surface area contributed by atoms with Crippen LogP contribution in [0.15, 0.2) is 42.5 Å². The van der Waals surface area contributed by atoms with Crippen molar-refractivity contribution >= 4 is 11.6 Å². The normalized spacial score (nSPS) is 11.6. The number of rotatable bonds is 5. The van der Waals surface area contributed by atoms with Crippen LogP contribution in [0.3, 0.4) is 0 Å². The summed E-state index contributed by atoms with van der Waals surface area (Å²) < 4.78 is 11.0. The summed E-state index contributed by atoms with van der Waals surface area (Å²) in [7, 11) is 1.57. The summed E-state index contributed by atoms with van der Waals surface area (Å²) in [5.74, 6) is 1.13. The molecular weight excluding hydrogens is 278 g/mol. The molecule has 0 heterocycles. The Labute approximate surface area is 131 Å². The van der Waals surface area contributed by atoms with E-state index in [1.165, 1.54) is 0 Å². The Kier molecular flexibility index (Phi) is 5.04. The van der Waals surface area contributed by atoms with E-state index in [1.54, 1.807) is 26.2 Å². The molecule has 116 valence electrons. The van der Waals surface area contributed by atoms with Gasteiger partial charge in [-0.25, -0.2) is 0 Å². The van der Waals surface area contributed by atoms with Crippen LogP contribution in [0.5, 0.6) is 11.5 Å². The largest absolute Gasteiger partial charge is 0.495 e. The van der Waals surface area contributed by atoms with Gasteiger partial charge >= 0.3 is 0 Å². The zero-order valence-electron chi connectivity index (χ0n) is 13.3. The second-order valence-corrected chi connectivity index (χ2v) is 5.15. The molecule has 0 saturated heterocycles. The summed E-state index contributed by atoms with van der Waals surface area (Å²) in [6.07, 6.45) is -0.606. The Hall–Kier alpha value is -2.49. The highest BCUT2D eigenvalue weighted by Gasteiger charge is 2.17. The summed E-state index contributed by atoms with van der Waals surface area (Å²) in [6.45, 7) is 5.73. The lowest BCUT2D eigenvalue weighted by molar-refractivity contribution is -0.122. The Balaban J connectivity index is 2.08. The van der Waals surface area contributed by atoms with Crippen molar-refractivity contribution < 1.29 is 14.3 Å². The fourth-order valence-corrected chi connectivity index (χ4v) is 2.08. The molecular formula is C18H21NO3. The number of hydrogen-bond acceptors (Lipinski definition) is 3. The third-order valence-electron chi connectivity index (χ3n) is 3.59. The maximum atomic E-state index is 12.3. The molecule has 2 rings (SSSR count). The Morgan fingerprint density at radius 1 is 1.05 bits per heavy atom. The lowest BCUT2D eigenvalue weighted by atomic mass is 10.1. The molecule has 0 saturated carbocycles. The van der Waals surface area contributed by atoms with E-state index in [9.17, 15) is 4.79 Å². The number of anilines is 1. The molecule has 2 aromatic rings. The highest BCUT2D eigenvalue weighted by Crippen LogP contribution is 2.25. The molecule has 0 spiro atoms. The number of hydrogen-bond donors (Lipinski definition) is 1. The van der Waals surface area contributed by atoms with Crippen molar-refractivity contribution in [2.45, 2.75) is 26.9 Å². The first-order valence-electron chi connectivity index (χ1n) is 7.19. The second kappa shape index (κ2) is 6.98. The number of ether oxygens (including phenoxy) is 2. The standard InChI is InChI=1S/C18H21NO3/c1-12-8-7-11-16(13(12)2)22-14(3)18(20)19-15-9-5-6-10-17(15)21-4/h5-11,14H,1-4H3,(H,19,20)/t14-/m0/s1. The predicted molar refractivity (Wildman–Crippen MR) is 87.6 cm³/mol. The Morgan fingerprint density at radius 2 is 1.73 bits per heavy atom.